The van der Waals surface area contributed by atoms with E-state index in [4.69, 9.17) is 9.47 Å². The summed E-state index contributed by atoms with van der Waals surface area (Å²) in [5, 5.41) is 13.3. The van der Waals surface area contributed by atoms with Crippen molar-refractivity contribution < 1.29 is 32.1 Å². The van der Waals surface area contributed by atoms with Crippen molar-refractivity contribution in [2.24, 2.45) is 0 Å². The molecule has 7 nitrogen and oxygen atoms in total. The van der Waals surface area contributed by atoms with Gasteiger partial charge in [-0.3, -0.25) is 4.90 Å². The van der Waals surface area contributed by atoms with Crippen LogP contribution in [0.3, 0.4) is 0 Å². The van der Waals surface area contributed by atoms with Crippen LogP contribution in [0.2, 0.25) is 0 Å². The van der Waals surface area contributed by atoms with Gasteiger partial charge >= 0.3 is 5.92 Å². The second kappa shape index (κ2) is 11.4. The number of likely N-dealkylation sites (N-methyl/N-ethyl adjacent to an activating group) is 1. The highest BCUT2D eigenvalue weighted by Gasteiger charge is 2.49. The molecule has 2 atom stereocenters. The van der Waals surface area contributed by atoms with Gasteiger partial charge in [-0.25, -0.2) is 18.7 Å². The molecule has 2 heterocycles. The third-order valence-electron chi connectivity index (χ3n) is 7.46. The second-order valence-corrected chi connectivity index (χ2v) is 10.7. The summed E-state index contributed by atoms with van der Waals surface area (Å²) >= 11 is 0. The Morgan fingerprint density at radius 2 is 1.93 bits per heavy atom. The number of nitrogens with zero attached hydrogens (tertiary/aromatic N) is 3. The molecule has 1 fully saturated rings. The van der Waals surface area contributed by atoms with Crippen LogP contribution in [-0.4, -0.2) is 58.4 Å². The molecule has 1 saturated heterocycles. The van der Waals surface area contributed by atoms with Crippen molar-refractivity contribution in [3.05, 3.63) is 52.9 Å². The number of ether oxygens (including phenoxy) is 2. The van der Waals surface area contributed by atoms with Gasteiger partial charge in [0.1, 0.15) is 35.2 Å². The zero-order valence-corrected chi connectivity index (χ0v) is 23.6. The molecule has 1 aromatic heterocycles. The van der Waals surface area contributed by atoms with Crippen molar-refractivity contribution in [2.45, 2.75) is 71.1 Å². The number of fused-ring (bicyclic) bond motifs is 1. The standard InChI is InChI=1S/C29H36F4N4O3/c1-7-37-13-9-10-18(37)15-40-22-14-20-25(24(31)26(22)39-6)35-17(3)36-27(20)34-16(2)19-11-8-12-21(23(19)30)29(32,33)28(4,5)38/h8,11-12,14,16,18,38H,7,9-10,13,15H2,1-6H3,(H,34,35,36)/t16-,18+/m1/s1. The van der Waals surface area contributed by atoms with Crippen LogP contribution >= 0.6 is 0 Å². The van der Waals surface area contributed by atoms with Crippen LogP contribution in [0.5, 0.6) is 11.5 Å². The number of aromatic nitrogens is 2. The van der Waals surface area contributed by atoms with Crippen LogP contribution in [0.4, 0.5) is 23.4 Å². The van der Waals surface area contributed by atoms with Crippen LogP contribution in [0.15, 0.2) is 24.3 Å². The molecule has 0 bridgehead atoms. The summed E-state index contributed by atoms with van der Waals surface area (Å²) in [4.78, 5) is 11.0. The molecule has 1 aliphatic rings. The molecule has 0 radical (unpaired) electrons. The molecular weight excluding hydrogens is 528 g/mol. The lowest BCUT2D eigenvalue weighted by molar-refractivity contribution is -0.170. The number of aliphatic hydroxyl groups is 1. The lowest BCUT2D eigenvalue weighted by atomic mass is 9.91. The summed E-state index contributed by atoms with van der Waals surface area (Å²) in [5.41, 5.74) is -3.50. The zero-order chi connectivity index (χ0) is 29.4. The van der Waals surface area contributed by atoms with Crippen LogP contribution in [0, 0.1) is 18.6 Å². The molecule has 1 aliphatic heterocycles. The van der Waals surface area contributed by atoms with Crippen molar-refractivity contribution >= 4 is 16.7 Å². The summed E-state index contributed by atoms with van der Waals surface area (Å²) < 4.78 is 72.2. The Morgan fingerprint density at radius 1 is 1.20 bits per heavy atom. The van der Waals surface area contributed by atoms with Gasteiger partial charge in [-0.15, -0.1) is 0 Å². The van der Waals surface area contributed by atoms with Crippen molar-refractivity contribution in [1.29, 1.82) is 0 Å². The van der Waals surface area contributed by atoms with E-state index in [0.29, 0.717) is 6.61 Å². The number of hydrogen-bond donors (Lipinski definition) is 2. The van der Waals surface area contributed by atoms with Crippen LogP contribution in [0.1, 0.15) is 63.5 Å². The largest absolute Gasteiger partial charge is 0.490 e. The van der Waals surface area contributed by atoms with E-state index in [2.05, 4.69) is 27.1 Å². The number of hydrogen-bond acceptors (Lipinski definition) is 7. The molecule has 218 valence electrons. The fourth-order valence-electron chi connectivity index (χ4n) is 5.13. The van der Waals surface area contributed by atoms with Crippen LogP contribution in [0.25, 0.3) is 10.9 Å². The molecule has 0 spiro atoms. The lowest BCUT2D eigenvalue weighted by Crippen LogP contribution is -2.41. The average molecular weight is 565 g/mol. The SMILES string of the molecule is CCN1CCC[C@H]1COc1cc2c(N[C@H](C)c3cccc(C(F)(F)C(C)(C)O)c3F)nc(C)nc2c(F)c1OC. The van der Waals surface area contributed by atoms with E-state index in [0.717, 1.165) is 45.8 Å². The maximum Gasteiger partial charge on any atom is 0.303 e. The monoisotopic (exact) mass is 564 g/mol. The molecule has 11 heteroatoms. The summed E-state index contributed by atoms with van der Waals surface area (Å²) in [7, 11) is 1.35. The number of aryl methyl sites for hydroxylation is 1. The average Bonchev–Trinajstić information content (AvgIpc) is 3.35. The van der Waals surface area contributed by atoms with Gasteiger partial charge in [-0.05, 0) is 65.8 Å². The number of rotatable bonds is 10. The fourth-order valence-corrected chi connectivity index (χ4v) is 5.13. The topological polar surface area (TPSA) is 79.7 Å². The van der Waals surface area contributed by atoms with E-state index in [-0.39, 0.29) is 45.6 Å². The molecule has 4 rings (SSSR count). The summed E-state index contributed by atoms with van der Waals surface area (Å²) in [6.45, 7) is 9.28. The Balaban J connectivity index is 1.72. The number of anilines is 1. The van der Waals surface area contributed by atoms with E-state index in [1.165, 1.54) is 19.2 Å². The first kappa shape index (κ1) is 29.8. The van der Waals surface area contributed by atoms with Crippen molar-refractivity contribution in [3.8, 4) is 11.5 Å². The molecule has 0 aliphatic carbocycles. The van der Waals surface area contributed by atoms with Gasteiger partial charge in [-0.1, -0.05) is 19.1 Å². The van der Waals surface area contributed by atoms with E-state index in [9.17, 15) is 13.9 Å². The Labute approximate surface area is 231 Å². The Hall–Kier alpha value is -3.18. The van der Waals surface area contributed by atoms with Gasteiger partial charge in [0.05, 0.1) is 18.7 Å². The molecule has 40 heavy (non-hydrogen) atoms. The van der Waals surface area contributed by atoms with Crippen LogP contribution in [-0.2, 0) is 5.92 Å². The highest BCUT2D eigenvalue weighted by molar-refractivity contribution is 5.92. The molecule has 0 amide bonds. The number of benzene rings is 2. The summed E-state index contributed by atoms with van der Waals surface area (Å²) in [6, 6.07) is 4.52. The number of likely N-dealkylation sites (tertiary alicyclic amines) is 1. The summed E-state index contributed by atoms with van der Waals surface area (Å²) in [5.74, 6) is -5.22. The van der Waals surface area contributed by atoms with Gasteiger partial charge in [0.15, 0.2) is 17.3 Å². The number of alkyl halides is 2. The minimum atomic E-state index is -3.84. The first-order valence-electron chi connectivity index (χ1n) is 13.4. The van der Waals surface area contributed by atoms with Gasteiger partial charge in [0.25, 0.3) is 0 Å². The first-order chi connectivity index (χ1) is 18.8. The Kier molecular flexibility index (Phi) is 8.46. The molecule has 2 aromatic carbocycles. The van der Waals surface area contributed by atoms with Gasteiger partial charge < -0.3 is 19.9 Å². The maximum atomic E-state index is 15.7. The number of halogens is 4. The molecule has 3 aromatic rings. The highest BCUT2D eigenvalue weighted by Crippen LogP contribution is 2.42. The molecular formula is C29H36F4N4O3. The molecule has 2 N–H and O–H groups in total. The maximum absolute atomic E-state index is 15.7. The minimum Gasteiger partial charge on any atom is -0.490 e. The van der Waals surface area contributed by atoms with E-state index >= 15 is 8.78 Å². The van der Waals surface area contributed by atoms with Gasteiger partial charge in [0.2, 0.25) is 0 Å². The number of methoxy groups -OCH3 is 1. The highest BCUT2D eigenvalue weighted by atomic mass is 19.3. The van der Waals surface area contributed by atoms with Crippen molar-refractivity contribution in [2.75, 3.05) is 32.1 Å². The third kappa shape index (κ3) is 5.54. The molecule has 0 unspecified atom stereocenters. The predicted octanol–water partition coefficient (Wildman–Crippen LogP) is 6.12. The second-order valence-electron chi connectivity index (χ2n) is 10.7. The predicted molar refractivity (Wildman–Crippen MR) is 145 cm³/mol. The number of nitrogens with one attached hydrogen (secondary N) is 1. The van der Waals surface area contributed by atoms with Crippen LogP contribution < -0.4 is 14.8 Å². The van der Waals surface area contributed by atoms with E-state index in [1.54, 1.807) is 19.9 Å². The zero-order valence-electron chi connectivity index (χ0n) is 23.6. The van der Waals surface area contributed by atoms with Crippen molar-refractivity contribution in [1.82, 2.24) is 14.9 Å². The summed E-state index contributed by atoms with van der Waals surface area (Å²) in [6.07, 6.45) is 2.03. The van der Waals surface area contributed by atoms with Gasteiger partial charge in [-0.2, -0.15) is 8.78 Å². The Morgan fingerprint density at radius 3 is 2.58 bits per heavy atom. The smallest absolute Gasteiger partial charge is 0.303 e. The van der Waals surface area contributed by atoms with Gasteiger partial charge in [0, 0.05) is 17.0 Å². The first-order valence-corrected chi connectivity index (χ1v) is 13.4. The normalized spacial score (nSPS) is 17.3. The van der Waals surface area contributed by atoms with E-state index in [1.807, 2.05) is 0 Å². The lowest BCUT2D eigenvalue weighted by Gasteiger charge is -2.30. The van der Waals surface area contributed by atoms with Crippen molar-refractivity contribution in [3.63, 3.8) is 0 Å². The fraction of sp³-hybridized carbons (Fsp3) is 0.517. The minimum absolute atomic E-state index is 0.0229. The van der Waals surface area contributed by atoms with E-state index < -0.39 is 34.8 Å². The third-order valence-corrected chi connectivity index (χ3v) is 7.46. The Bertz CT molecular complexity index is 1380. The quantitative estimate of drug-likeness (QED) is 0.287. The molecule has 0 saturated carbocycles.